The molecular weight excluding hydrogens is 556 g/mol. The Balaban J connectivity index is 1.84. The van der Waals surface area contributed by atoms with Gasteiger partial charge < -0.3 is 34.6 Å². The van der Waals surface area contributed by atoms with E-state index >= 15 is 0 Å². The number of aliphatic hydroxyl groups excluding tert-OH is 2. The largest absolute Gasteiger partial charge is 0.487 e. The normalized spacial score (nSPS) is 39.5. The maximum Gasteiger partial charge on any atom is 0.303 e. The maximum atomic E-state index is 13.9. The molecule has 0 spiro atoms. The van der Waals surface area contributed by atoms with Crippen molar-refractivity contribution in [2.75, 3.05) is 0 Å². The molecule has 3 unspecified atom stereocenters. The lowest BCUT2D eigenvalue weighted by Crippen LogP contribution is -2.70. The Hall–Kier alpha value is -2.37. The van der Waals surface area contributed by atoms with Crippen LogP contribution in [0, 0.1) is 17.3 Å². The highest BCUT2D eigenvalue weighted by Crippen LogP contribution is 2.61. The molecule has 10 atom stereocenters. The molecule has 43 heavy (non-hydrogen) atoms. The lowest BCUT2D eigenvalue weighted by molar-refractivity contribution is -0.294. The van der Waals surface area contributed by atoms with Gasteiger partial charge in [-0.2, -0.15) is 0 Å². The van der Waals surface area contributed by atoms with Gasteiger partial charge in [0.1, 0.15) is 23.2 Å². The van der Waals surface area contributed by atoms with Crippen molar-refractivity contribution < 1.29 is 49.0 Å². The Morgan fingerprint density at radius 1 is 1.21 bits per heavy atom. The molecule has 0 radical (unpaired) electrons. The fraction of sp³-hybridized carbons (Fsp3) is 0.727. The number of allylic oxidation sites excluding steroid dienone is 2. The van der Waals surface area contributed by atoms with Crippen molar-refractivity contribution in [3.63, 3.8) is 0 Å². The molecule has 10 heteroatoms. The number of ether oxygens (including phenoxy) is 3. The molecule has 240 valence electrons. The molecule has 2 fully saturated rings. The Labute approximate surface area is 253 Å². The number of esters is 1. The number of ketones is 2. The molecule has 0 aromatic rings. The molecule has 2 aliphatic heterocycles. The average Bonchev–Trinajstić information content (AvgIpc) is 2.87. The topological polar surface area (TPSA) is 160 Å². The highest BCUT2D eigenvalue weighted by atomic mass is 16.5. The first-order valence-corrected chi connectivity index (χ1v) is 15.2. The van der Waals surface area contributed by atoms with Crippen LogP contribution in [-0.2, 0) is 28.6 Å². The third kappa shape index (κ3) is 5.43. The number of hydrogen-bond acceptors (Lipinski definition) is 10. The zero-order chi connectivity index (χ0) is 32.4. The van der Waals surface area contributed by atoms with Crippen LogP contribution in [-0.4, -0.2) is 85.3 Å². The molecular formula is C33H48O10. The van der Waals surface area contributed by atoms with Gasteiger partial charge >= 0.3 is 5.97 Å². The molecule has 0 amide bonds. The van der Waals surface area contributed by atoms with Crippen molar-refractivity contribution in [2.24, 2.45) is 17.3 Å². The molecule has 0 aromatic heterocycles. The van der Waals surface area contributed by atoms with Crippen LogP contribution in [0.1, 0.15) is 88.0 Å². The summed E-state index contributed by atoms with van der Waals surface area (Å²) < 4.78 is 18.6. The van der Waals surface area contributed by atoms with Gasteiger partial charge in [0.2, 0.25) is 0 Å². The molecule has 10 nitrogen and oxygen atoms in total. The second-order valence-electron chi connectivity index (χ2n) is 14.1. The first-order chi connectivity index (χ1) is 19.7. The van der Waals surface area contributed by atoms with E-state index in [9.17, 15) is 34.8 Å². The van der Waals surface area contributed by atoms with Crippen molar-refractivity contribution >= 4 is 17.5 Å². The van der Waals surface area contributed by atoms with Crippen LogP contribution >= 0.6 is 0 Å². The molecule has 1 saturated carbocycles. The molecule has 4 rings (SSSR count). The number of carbonyl (C=O) groups excluding carboxylic acids is 3. The van der Waals surface area contributed by atoms with Gasteiger partial charge in [-0.05, 0) is 71.6 Å². The van der Waals surface area contributed by atoms with Gasteiger partial charge in [0.05, 0.1) is 35.6 Å². The van der Waals surface area contributed by atoms with Crippen molar-refractivity contribution in [3.05, 3.63) is 34.6 Å². The Bertz CT molecular complexity index is 1270. The van der Waals surface area contributed by atoms with Crippen LogP contribution in [0.15, 0.2) is 34.6 Å². The van der Waals surface area contributed by atoms with Gasteiger partial charge in [0.25, 0.3) is 0 Å². The summed E-state index contributed by atoms with van der Waals surface area (Å²) >= 11 is 0. The second-order valence-corrected chi connectivity index (χ2v) is 14.1. The molecule has 4 aliphatic rings. The molecule has 2 aliphatic carbocycles. The fourth-order valence-electron chi connectivity index (χ4n) is 8.10. The van der Waals surface area contributed by atoms with Crippen molar-refractivity contribution in [1.29, 1.82) is 0 Å². The molecule has 0 aromatic carbocycles. The lowest BCUT2D eigenvalue weighted by atomic mass is 9.51. The van der Waals surface area contributed by atoms with E-state index < -0.39 is 82.7 Å². The second kappa shape index (κ2) is 11.2. The Morgan fingerprint density at radius 3 is 2.37 bits per heavy atom. The van der Waals surface area contributed by atoms with Crippen molar-refractivity contribution in [2.45, 2.75) is 135 Å². The fourth-order valence-corrected chi connectivity index (χ4v) is 8.10. The van der Waals surface area contributed by atoms with E-state index in [4.69, 9.17) is 14.2 Å². The Kier molecular flexibility index (Phi) is 8.74. The standard InChI is InChI=1S/C33H48O10/c1-10-16(2)27(41-19(5)35)18(4)20-13-21(36)25-26(38)28-31(8,43-29(25)33(20,40)15-17(3)34)12-11-23-32(28,9)22(37)14-24(42-23)30(6,7)39/h10,13,18,22-24,26-28,37-40H,11-12,14-15H2,1-9H3/b16-10+/t18?,22-,23+,24+,26+,27?,28-,31+,32-,33?/m0/s1. The summed E-state index contributed by atoms with van der Waals surface area (Å²) in [5.74, 6) is -3.22. The SMILES string of the molecule is C/C=C(\C)C(OC(C)=O)C(C)C1=CC(=O)C2=C(O[C@]3(C)CC[C@H]4O[C@@H](C(C)(C)O)C[C@H](O)[C@]4(C)[C@H]3[C@@H]2O)C1(O)CC(C)=O. The van der Waals surface area contributed by atoms with E-state index in [2.05, 4.69) is 0 Å². The van der Waals surface area contributed by atoms with E-state index in [0.29, 0.717) is 18.4 Å². The zero-order valence-corrected chi connectivity index (χ0v) is 26.8. The van der Waals surface area contributed by atoms with Crippen molar-refractivity contribution in [3.8, 4) is 0 Å². The van der Waals surface area contributed by atoms with Crippen molar-refractivity contribution in [1.82, 2.24) is 0 Å². The smallest absolute Gasteiger partial charge is 0.303 e. The summed E-state index contributed by atoms with van der Waals surface area (Å²) in [7, 11) is 0. The minimum Gasteiger partial charge on any atom is -0.487 e. The summed E-state index contributed by atoms with van der Waals surface area (Å²) in [4.78, 5) is 38.6. The van der Waals surface area contributed by atoms with Crippen LogP contribution in [0.3, 0.4) is 0 Å². The van der Waals surface area contributed by atoms with Gasteiger partial charge in [0.15, 0.2) is 11.4 Å². The minimum atomic E-state index is -2.10. The van der Waals surface area contributed by atoms with Crippen LogP contribution in [0.25, 0.3) is 0 Å². The minimum absolute atomic E-state index is 0.118. The number of Topliss-reactive ketones (excluding diaryl/α,β-unsaturated/α-hetero) is 1. The number of hydrogen-bond donors (Lipinski definition) is 4. The number of rotatable bonds is 7. The van der Waals surface area contributed by atoms with Crippen LogP contribution < -0.4 is 0 Å². The number of aliphatic hydroxyl groups is 4. The van der Waals surface area contributed by atoms with Gasteiger partial charge in [-0.15, -0.1) is 0 Å². The summed E-state index contributed by atoms with van der Waals surface area (Å²) in [5, 5.41) is 46.7. The van der Waals surface area contributed by atoms with E-state index in [1.807, 2.05) is 6.92 Å². The number of fused-ring (bicyclic) bond motifs is 3. The molecule has 4 N–H and O–H groups in total. The van der Waals surface area contributed by atoms with Crippen LogP contribution in [0.4, 0.5) is 0 Å². The van der Waals surface area contributed by atoms with E-state index in [-0.39, 0.29) is 29.1 Å². The zero-order valence-electron chi connectivity index (χ0n) is 26.8. The predicted molar refractivity (Wildman–Crippen MR) is 156 cm³/mol. The molecule has 0 bridgehead atoms. The lowest BCUT2D eigenvalue weighted by Gasteiger charge is -2.63. The van der Waals surface area contributed by atoms with E-state index in [1.165, 1.54) is 19.9 Å². The summed E-state index contributed by atoms with van der Waals surface area (Å²) in [6.45, 7) is 14.7. The van der Waals surface area contributed by atoms with Gasteiger partial charge in [-0.3, -0.25) is 14.4 Å². The van der Waals surface area contributed by atoms with Gasteiger partial charge in [-0.25, -0.2) is 0 Å². The van der Waals surface area contributed by atoms with Crippen LogP contribution in [0.5, 0.6) is 0 Å². The predicted octanol–water partition coefficient (Wildman–Crippen LogP) is 2.85. The highest BCUT2D eigenvalue weighted by molar-refractivity contribution is 6.08. The summed E-state index contributed by atoms with van der Waals surface area (Å²) in [5.41, 5.74) is -4.82. The average molecular weight is 605 g/mol. The third-order valence-corrected chi connectivity index (χ3v) is 10.4. The monoisotopic (exact) mass is 604 g/mol. The van der Waals surface area contributed by atoms with Crippen LogP contribution in [0.2, 0.25) is 0 Å². The van der Waals surface area contributed by atoms with Gasteiger partial charge in [0, 0.05) is 37.0 Å². The first kappa shape index (κ1) is 33.5. The quantitative estimate of drug-likeness (QED) is 0.251. The van der Waals surface area contributed by atoms with Gasteiger partial charge in [-0.1, -0.05) is 19.9 Å². The summed E-state index contributed by atoms with van der Waals surface area (Å²) in [6, 6.07) is 0. The van der Waals surface area contributed by atoms with E-state index in [0.717, 1.165) is 0 Å². The third-order valence-electron chi connectivity index (χ3n) is 10.4. The maximum absolute atomic E-state index is 13.9. The first-order valence-electron chi connectivity index (χ1n) is 15.2. The Morgan fingerprint density at radius 2 is 1.84 bits per heavy atom. The molecule has 2 heterocycles. The highest BCUT2D eigenvalue weighted by Gasteiger charge is 2.68. The number of carbonyl (C=O) groups is 3. The van der Waals surface area contributed by atoms with E-state index in [1.54, 1.807) is 47.6 Å². The summed E-state index contributed by atoms with van der Waals surface area (Å²) in [6.07, 6.45) is -0.989. The molecule has 1 saturated heterocycles.